The van der Waals surface area contributed by atoms with Crippen LogP contribution in [0.4, 0.5) is 10.3 Å². The summed E-state index contributed by atoms with van der Waals surface area (Å²) in [6.07, 6.45) is 3.72. The second kappa shape index (κ2) is 11.0. The third-order valence-corrected chi connectivity index (χ3v) is 5.22. The Kier molecular flexibility index (Phi) is 9.31. The number of thiazole rings is 2. The molecule has 0 spiro atoms. The van der Waals surface area contributed by atoms with E-state index in [0.29, 0.717) is 0 Å². The molecule has 9 heteroatoms. The van der Waals surface area contributed by atoms with E-state index in [9.17, 15) is 0 Å². The van der Waals surface area contributed by atoms with Gasteiger partial charge in [-0.25, -0.2) is 9.97 Å². The third kappa shape index (κ3) is 6.22. The summed E-state index contributed by atoms with van der Waals surface area (Å²) in [5, 5.41) is 13.9. The maximum absolute atomic E-state index is 4.27. The molecule has 23 heavy (non-hydrogen) atoms. The van der Waals surface area contributed by atoms with Crippen molar-refractivity contribution in [1.82, 2.24) is 15.3 Å². The molecule has 0 aliphatic carbocycles. The molecular weight excluding hydrogens is 543 g/mol. The smallest absolute Gasteiger partial charge is 0.185 e. The topological polar surface area (TPSA) is 58.4 Å². The number of nitrogens with one attached hydrogen (secondary N) is 1. The van der Waals surface area contributed by atoms with Gasteiger partial charge in [-0.15, -0.1) is 35.8 Å². The molecule has 6 nitrogen and oxygen atoms in total. The van der Waals surface area contributed by atoms with Crippen LogP contribution in [0.5, 0.6) is 0 Å². The molecule has 1 N–H and O–H groups in total. The standard InChI is InChI=1S/C7H11N3S.C7H10N3S.Ac/c2*1-4-10(5-2-8-1)7-9-3-6-11-7;/h3,6,8H,1-2,4-5H2;3,6H,1-2,4-5H2;/q;-1;. The minimum absolute atomic E-state index is 0. The first-order chi connectivity index (χ1) is 10.9. The number of aromatic nitrogens is 2. The molecule has 0 aromatic carbocycles. The maximum atomic E-state index is 4.27. The Bertz CT molecular complexity index is 461. The largest absolute Gasteiger partial charge is 0.659 e. The Morgan fingerprint density at radius 1 is 0.870 bits per heavy atom. The predicted molar refractivity (Wildman–Crippen MR) is 94.6 cm³/mol. The van der Waals surface area contributed by atoms with E-state index in [0.717, 1.165) is 62.6 Å². The van der Waals surface area contributed by atoms with Gasteiger partial charge < -0.3 is 20.4 Å². The van der Waals surface area contributed by atoms with E-state index < -0.39 is 0 Å². The molecule has 0 amide bonds. The molecule has 2 aromatic heterocycles. The number of nitrogens with zero attached hydrogens (tertiary/aromatic N) is 5. The Morgan fingerprint density at radius 3 is 1.87 bits per heavy atom. The van der Waals surface area contributed by atoms with Crippen molar-refractivity contribution in [2.75, 3.05) is 62.2 Å². The first kappa shape index (κ1) is 19.5. The maximum Gasteiger partial charge on any atom is 0.185 e. The Labute approximate surface area is 181 Å². The number of rotatable bonds is 2. The summed E-state index contributed by atoms with van der Waals surface area (Å²) >= 11 is 3.42. The third-order valence-electron chi connectivity index (χ3n) is 3.55. The van der Waals surface area contributed by atoms with Gasteiger partial charge in [0.15, 0.2) is 10.3 Å². The van der Waals surface area contributed by atoms with Gasteiger partial charge in [0, 0.05) is 106 Å². The number of piperazine rings is 2. The minimum Gasteiger partial charge on any atom is -0.659 e. The molecule has 2 aromatic rings. The normalized spacial score (nSPS) is 17.9. The van der Waals surface area contributed by atoms with Crippen molar-refractivity contribution in [1.29, 1.82) is 0 Å². The summed E-state index contributed by atoms with van der Waals surface area (Å²) in [5.41, 5.74) is 0. The molecule has 2 aliphatic rings. The van der Waals surface area contributed by atoms with Crippen molar-refractivity contribution in [3.8, 4) is 0 Å². The van der Waals surface area contributed by atoms with Crippen LogP contribution in [0.25, 0.3) is 5.32 Å². The van der Waals surface area contributed by atoms with Gasteiger partial charge in [0.05, 0.1) is 0 Å². The van der Waals surface area contributed by atoms with E-state index in [2.05, 4.69) is 30.4 Å². The quantitative estimate of drug-likeness (QED) is 0.604. The zero-order chi connectivity index (χ0) is 15.0. The molecule has 4 rings (SSSR count). The van der Waals surface area contributed by atoms with E-state index in [1.807, 2.05) is 23.2 Å². The van der Waals surface area contributed by atoms with Crippen LogP contribution < -0.4 is 15.1 Å². The molecule has 0 bridgehead atoms. The van der Waals surface area contributed by atoms with Crippen LogP contribution in [0.2, 0.25) is 0 Å². The molecule has 4 heterocycles. The monoisotopic (exact) mass is 564 g/mol. The van der Waals surface area contributed by atoms with Crippen molar-refractivity contribution in [2.45, 2.75) is 0 Å². The van der Waals surface area contributed by atoms with Gasteiger partial charge in [0.25, 0.3) is 0 Å². The molecule has 0 saturated carbocycles. The zero-order valence-electron chi connectivity index (χ0n) is 13.1. The van der Waals surface area contributed by atoms with Gasteiger partial charge in [-0.2, -0.15) is 0 Å². The van der Waals surface area contributed by atoms with Gasteiger partial charge >= 0.3 is 0 Å². The van der Waals surface area contributed by atoms with Gasteiger partial charge in [-0.05, 0) is 0 Å². The zero-order valence-corrected chi connectivity index (χ0v) is 19.5. The van der Waals surface area contributed by atoms with Crippen LogP contribution >= 0.6 is 22.7 Å². The fraction of sp³-hybridized carbons (Fsp3) is 0.571. The molecule has 2 aliphatic heterocycles. The van der Waals surface area contributed by atoms with Crippen molar-refractivity contribution in [3.63, 3.8) is 0 Å². The predicted octanol–water partition coefficient (Wildman–Crippen LogP) is 1.89. The van der Waals surface area contributed by atoms with Gasteiger partial charge in [-0.3, -0.25) is 0 Å². The van der Waals surface area contributed by atoms with E-state index in [1.165, 1.54) is 0 Å². The van der Waals surface area contributed by atoms with E-state index in [-0.39, 0.29) is 44.1 Å². The summed E-state index contributed by atoms with van der Waals surface area (Å²) in [5.74, 6) is 0. The van der Waals surface area contributed by atoms with E-state index >= 15 is 0 Å². The second-order valence-electron chi connectivity index (χ2n) is 5.02. The van der Waals surface area contributed by atoms with E-state index in [1.54, 1.807) is 22.7 Å². The minimum atomic E-state index is 0. The Balaban J connectivity index is 0.000000160. The summed E-state index contributed by atoms with van der Waals surface area (Å²) in [6.45, 7) is 8.33. The first-order valence-corrected chi connectivity index (χ1v) is 9.32. The van der Waals surface area contributed by atoms with Gasteiger partial charge in [0.1, 0.15) is 0 Å². The Hall–Kier alpha value is 0.222. The van der Waals surface area contributed by atoms with Crippen molar-refractivity contribution in [2.24, 2.45) is 0 Å². The molecular formula is C14H21AcN6S2-. The van der Waals surface area contributed by atoms with Crippen LogP contribution in [0.15, 0.2) is 23.2 Å². The summed E-state index contributed by atoms with van der Waals surface area (Å²) in [4.78, 5) is 13.1. The SMILES string of the molecule is [Ac].c1csc(N2CCNCC2)n1.c1csc(N2CC[N-]CC2)n1. The van der Waals surface area contributed by atoms with E-state index in [4.69, 9.17) is 0 Å². The molecule has 2 saturated heterocycles. The first-order valence-electron chi connectivity index (χ1n) is 7.56. The average Bonchev–Trinajstić information content (AvgIpc) is 3.31. The van der Waals surface area contributed by atoms with Crippen molar-refractivity contribution >= 4 is 32.9 Å². The van der Waals surface area contributed by atoms with Crippen LogP contribution in [0.3, 0.4) is 0 Å². The Morgan fingerprint density at radius 2 is 1.39 bits per heavy atom. The van der Waals surface area contributed by atoms with Crippen molar-refractivity contribution < 1.29 is 44.1 Å². The fourth-order valence-corrected chi connectivity index (χ4v) is 3.79. The van der Waals surface area contributed by atoms with Crippen LogP contribution in [0, 0.1) is 44.1 Å². The summed E-state index contributed by atoms with van der Waals surface area (Å²) in [6, 6.07) is 0. The van der Waals surface area contributed by atoms with Crippen LogP contribution in [-0.2, 0) is 0 Å². The molecule has 1 radical (unpaired) electrons. The summed E-state index contributed by atoms with van der Waals surface area (Å²) < 4.78 is 0. The average molecular weight is 564 g/mol. The molecule has 0 unspecified atom stereocenters. The van der Waals surface area contributed by atoms with Gasteiger partial charge in [0.2, 0.25) is 0 Å². The molecule has 123 valence electrons. The van der Waals surface area contributed by atoms with Crippen LogP contribution in [0.1, 0.15) is 0 Å². The molecule has 2 fully saturated rings. The second-order valence-corrected chi connectivity index (χ2v) is 6.77. The summed E-state index contributed by atoms with van der Waals surface area (Å²) in [7, 11) is 0. The number of hydrogen-bond donors (Lipinski definition) is 1. The number of hydrogen-bond acceptors (Lipinski definition) is 7. The molecule has 0 atom stereocenters. The van der Waals surface area contributed by atoms with Crippen molar-refractivity contribution in [3.05, 3.63) is 28.5 Å². The van der Waals surface area contributed by atoms with Gasteiger partial charge in [-0.1, -0.05) is 0 Å². The number of anilines is 2. The fourth-order valence-electron chi connectivity index (χ4n) is 2.40. The van der Waals surface area contributed by atoms with Crippen LogP contribution in [-0.4, -0.2) is 62.3 Å².